The monoisotopic (exact) mass is 284 g/mol. The van der Waals surface area contributed by atoms with Gasteiger partial charge in [-0.25, -0.2) is 9.18 Å². The lowest BCUT2D eigenvalue weighted by Crippen LogP contribution is -2.50. The van der Waals surface area contributed by atoms with Crippen LogP contribution < -0.4 is 4.90 Å². The first-order chi connectivity index (χ1) is 9.52. The molecule has 0 N–H and O–H groups in total. The molecule has 0 saturated carbocycles. The first-order valence-corrected chi connectivity index (χ1v) is 5.90. The molecule has 8 heteroatoms. The molecular formula is C12H13FN2O5. The highest BCUT2D eigenvalue weighted by Crippen LogP contribution is 2.26. The highest BCUT2D eigenvalue weighted by atomic mass is 19.1. The summed E-state index contributed by atoms with van der Waals surface area (Å²) in [6, 6.07) is 2.46. The van der Waals surface area contributed by atoms with E-state index in [1.54, 1.807) is 4.90 Å². The van der Waals surface area contributed by atoms with Crippen LogP contribution in [0.2, 0.25) is 0 Å². The third kappa shape index (κ3) is 2.85. The van der Waals surface area contributed by atoms with E-state index in [4.69, 9.17) is 4.74 Å². The number of non-ortho nitro benzene ring substituents is 1. The van der Waals surface area contributed by atoms with Gasteiger partial charge in [-0.2, -0.15) is 0 Å². The lowest BCUT2D eigenvalue weighted by atomic mass is 10.1. The molecule has 0 spiro atoms. The predicted molar refractivity (Wildman–Crippen MR) is 67.0 cm³/mol. The third-order valence-corrected chi connectivity index (χ3v) is 3.01. The molecule has 1 fully saturated rings. The maximum atomic E-state index is 13.5. The Hall–Kier alpha value is -2.22. The molecule has 0 radical (unpaired) electrons. The summed E-state index contributed by atoms with van der Waals surface area (Å²) in [5.74, 6) is -1.26. The topological polar surface area (TPSA) is 81.9 Å². The molecule has 0 aromatic heterocycles. The molecule has 20 heavy (non-hydrogen) atoms. The van der Waals surface area contributed by atoms with Gasteiger partial charge >= 0.3 is 5.97 Å². The minimum atomic E-state index is -0.741. The summed E-state index contributed by atoms with van der Waals surface area (Å²) in [4.78, 5) is 23.3. The van der Waals surface area contributed by atoms with Crippen molar-refractivity contribution in [3.05, 3.63) is 34.1 Å². The van der Waals surface area contributed by atoms with E-state index in [1.807, 2.05) is 0 Å². The van der Waals surface area contributed by atoms with Crippen molar-refractivity contribution in [2.75, 3.05) is 31.8 Å². The van der Waals surface area contributed by atoms with Gasteiger partial charge in [0, 0.05) is 18.3 Å². The minimum absolute atomic E-state index is 0.0942. The first-order valence-electron chi connectivity index (χ1n) is 5.90. The summed E-state index contributed by atoms with van der Waals surface area (Å²) in [6.45, 7) is 0.759. The second kappa shape index (κ2) is 5.83. The van der Waals surface area contributed by atoms with E-state index < -0.39 is 22.8 Å². The summed E-state index contributed by atoms with van der Waals surface area (Å²) < 4.78 is 23.3. The molecule has 7 nitrogen and oxygen atoms in total. The fourth-order valence-corrected chi connectivity index (χ4v) is 2.07. The number of carbonyl (C=O) groups excluding carboxylic acids is 1. The SMILES string of the molecule is COC(=O)C1COCCN1c1cc(F)cc([N+](=O)[O-])c1. The van der Waals surface area contributed by atoms with E-state index in [9.17, 15) is 19.3 Å². The number of esters is 1. The van der Waals surface area contributed by atoms with Crippen molar-refractivity contribution in [2.24, 2.45) is 0 Å². The van der Waals surface area contributed by atoms with Gasteiger partial charge in [0.15, 0.2) is 6.04 Å². The van der Waals surface area contributed by atoms with Gasteiger partial charge in [-0.3, -0.25) is 10.1 Å². The molecule has 108 valence electrons. The average molecular weight is 284 g/mol. The van der Waals surface area contributed by atoms with Crippen LogP contribution in [0.3, 0.4) is 0 Å². The molecular weight excluding hydrogens is 271 g/mol. The van der Waals surface area contributed by atoms with Crippen LogP contribution in [-0.4, -0.2) is 43.8 Å². The number of nitro benzene ring substituents is 1. The number of anilines is 1. The second-order valence-electron chi connectivity index (χ2n) is 4.23. The molecule has 1 unspecified atom stereocenters. The second-order valence-corrected chi connectivity index (χ2v) is 4.23. The van der Waals surface area contributed by atoms with Crippen LogP contribution in [0.15, 0.2) is 18.2 Å². The normalized spacial score (nSPS) is 18.7. The lowest BCUT2D eigenvalue weighted by molar-refractivity contribution is -0.385. The van der Waals surface area contributed by atoms with Crippen LogP contribution in [0.5, 0.6) is 0 Å². The number of carbonyl (C=O) groups is 1. The first kappa shape index (κ1) is 14.2. The Bertz CT molecular complexity index is 537. The maximum absolute atomic E-state index is 13.5. The highest BCUT2D eigenvalue weighted by Gasteiger charge is 2.31. The molecule has 1 heterocycles. The molecule has 1 aliphatic rings. The Morgan fingerprint density at radius 3 is 2.95 bits per heavy atom. The van der Waals surface area contributed by atoms with E-state index in [-0.39, 0.29) is 18.0 Å². The zero-order valence-electron chi connectivity index (χ0n) is 10.7. The van der Waals surface area contributed by atoms with Crippen molar-refractivity contribution < 1.29 is 23.6 Å². The molecule has 0 aliphatic carbocycles. The Morgan fingerprint density at radius 1 is 1.55 bits per heavy atom. The Balaban J connectivity index is 2.37. The van der Waals surface area contributed by atoms with Gasteiger partial charge in [0.2, 0.25) is 0 Å². The van der Waals surface area contributed by atoms with Crippen LogP contribution in [0.4, 0.5) is 15.8 Å². The molecule has 1 aliphatic heterocycles. The van der Waals surface area contributed by atoms with Gasteiger partial charge in [0.1, 0.15) is 5.82 Å². The van der Waals surface area contributed by atoms with Crippen molar-refractivity contribution in [3.63, 3.8) is 0 Å². The number of rotatable bonds is 3. The van der Waals surface area contributed by atoms with Crippen LogP contribution in [-0.2, 0) is 14.3 Å². The molecule has 1 atom stereocenters. The van der Waals surface area contributed by atoms with E-state index in [0.29, 0.717) is 13.2 Å². The van der Waals surface area contributed by atoms with Crippen LogP contribution in [0.25, 0.3) is 0 Å². The number of hydrogen-bond acceptors (Lipinski definition) is 6. The van der Waals surface area contributed by atoms with Gasteiger partial charge in [0.25, 0.3) is 5.69 Å². The zero-order chi connectivity index (χ0) is 14.7. The number of nitro groups is 1. The number of hydrogen-bond donors (Lipinski definition) is 0. The Labute approximate surface area is 114 Å². The van der Waals surface area contributed by atoms with Crippen molar-refractivity contribution in [2.45, 2.75) is 6.04 Å². The summed E-state index contributed by atoms with van der Waals surface area (Å²) in [5, 5.41) is 10.8. The third-order valence-electron chi connectivity index (χ3n) is 3.01. The molecule has 2 rings (SSSR count). The largest absolute Gasteiger partial charge is 0.467 e. The average Bonchev–Trinajstić information content (AvgIpc) is 2.45. The number of benzene rings is 1. The van der Waals surface area contributed by atoms with Gasteiger partial charge < -0.3 is 14.4 Å². The molecule has 1 aromatic rings. The number of nitrogens with zero attached hydrogens (tertiary/aromatic N) is 2. The quantitative estimate of drug-likeness (QED) is 0.470. The van der Waals surface area contributed by atoms with Crippen LogP contribution >= 0.6 is 0 Å². The van der Waals surface area contributed by atoms with Gasteiger partial charge in [-0.05, 0) is 6.07 Å². The van der Waals surface area contributed by atoms with E-state index in [2.05, 4.69) is 4.74 Å². The number of methoxy groups -OCH3 is 1. The van der Waals surface area contributed by atoms with Gasteiger partial charge in [-0.15, -0.1) is 0 Å². The van der Waals surface area contributed by atoms with E-state index in [0.717, 1.165) is 12.1 Å². The molecule has 0 amide bonds. The molecule has 1 aromatic carbocycles. The smallest absolute Gasteiger partial charge is 0.330 e. The Kier molecular flexibility index (Phi) is 4.14. The van der Waals surface area contributed by atoms with Gasteiger partial charge in [0.05, 0.1) is 31.3 Å². The molecule has 0 bridgehead atoms. The summed E-state index contributed by atoms with van der Waals surface area (Å²) in [6.07, 6.45) is 0. The number of halogens is 1. The van der Waals surface area contributed by atoms with Crippen LogP contribution in [0, 0.1) is 15.9 Å². The van der Waals surface area contributed by atoms with Gasteiger partial charge in [-0.1, -0.05) is 0 Å². The molecule has 1 saturated heterocycles. The fourth-order valence-electron chi connectivity index (χ4n) is 2.07. The van der Waals surface area contributed by atoms with E-state index >= 15 is 0 Å². The van der Waals surface area contributed by atoms with Crippen molar-refractivity contribution in [1.29, 1.82) is 0 Å². The predicted octanol–water partition coefficient (Wildman–Crippen LogP) is 1.11. The van der Waals surface area contributed by atoms with Crippen LogP contribution in [0.1, 0.15) is 0 Å². The summed E-state index contributed by atoms with van der Waals surface area (Å²) in [5.41, 5.74) is -0.106. The van der Waals surface area contributed by atoms with Crippen molar-refractivity contribution >= 4 is 17.3 Å². The summed E-state index contributed by atoms with van der Waals surface area (Å²) >= 11 is 0. The standard InChI is InChI=1S/C12H13FN2O5/c1-19-12(16)11-7-20-3-2-14(11)9-4-8(13)5-10(6-9)15(17)18/h4-6,11H,2-3,7H2,1H3. The Morgan fingerprint density at radius 2 is 2.30 bits per heavy atom. The van der Waals surface area contributed by atoms with Crippen molar-refractivity contribution in [1.82, 2.24) is 0 Å². The number of morpholine rings is 1. The highest BCUT2D eigenvalue weighted by molar-refractivity contribution is 5.80. The van der Waals surface area contributed by atoms with Crippen molar-refractivity contribution in [3.8, 4) is 0 Å². The summed E-state index contributed by atoms with van der Waals surface area (Å²) in [7, 11) is 1.24. The number of ether oxygens (including phenoxy) is 2. The lowest BCUT2D eigenvalue weighted by Gasteiger charge is -2.35. The zero-order valence-corrected chi connectivity index (χ0v) is 10.7. The maximum Gasteiger partial charge on any atom is 0.330 e. The van der Waals surface area contributed by atoms with E-state index in [1.165, 1.54) is 13.2 Å². The minimum Gasteiger partial charge on any atom is -0.467 e. The fraction of sp³-hybridized carbons (Fsp3) is 0.417.